The highest BCUT2D eigenvalue weighted by atomic mass is 32.1. The Kier molecular flexibility index (Phi) is 6.47. The summed E-state index contributed by atoms with van der Waals surface area (Å²) in [6.45, 7) is 5.21. The van der Waals surface area contributed by atoms with Crippen LogP contribution in [0, 0.1) is 24.0 Å². The molecule has 5 rings (SSSR count). The number of benzene rings is 2. The summed E-state index contributed by atoms with van der Waals surface area (Å²) < 4.78 is 29.6. The molecule has 0 atom stereocenters. The zero-order valence-electron chi connectivity index (χ0n) is 19.9. The maximum atomic E-state index is 14.8. The number of aromatic nitrogens is 4. The molecule has 0 aliphatic rings. The molecule has 12 heteroatoms. The minimum absolute atomic E-state index is 0.0418. The van der Waals surface area contributed by atoms with E-state index in [1.165, 1.54) is 46.5 Å². The van der Waals surface area contributed by atoms with Crippen molar-refractivity contribution in [3.05, 3.63) is 98.7 Å². The number of halogens is 2. The van der Waals surface area contributed by atoms with E-state index in [9.17, 15) is 18.7 Å². The Morgan fingerprint density at radius 2 is 2.00 bits per heavy atom. The van der Waals surface area contributed by atoms with Gasteiger partial charge in [0.2, 0.25) is 0 Å². The number of phenolic OH excluding ortho intramolecular Hbond substituents is 1. The maximum absolute atomic E-state index is 14.8. The van der Waals surface area contributed by atoms with Crippen molar-refractivity contribution in [2.45, 2.75) is 13.5 Å². The monoisotopic (exact) mass is 531 g/mol. The van der Waals surface area contributed by atoms with Crippen LogP contribution in [0.15, 0.2) is 64.0 Å². The molecular formula is C26H19F2N7O2S. The second-order valence-electron chi connectivity index (χ2n) is 8.19. The quantitative estimate of drug-likeness (QED) is 0.257. The van der Waals surface area contributed by atoms with E-state index in [0.717, 1.165) is 17.7 Å². The first-order valence-electron chi connectivity index (χ1n) is 11.2. The molecule has 0 saturated heterocycles. The van der Waals surface area contributed by atoms with Crippen molar-refractivity contribution >= 4 is 45.6 Å². The van der Waals surface area contributed by atoms with E-state index in [1.54, 1.807) is 13.0 Å². The minimum atomic E-state index is -0.831. The van der Waals surface area contributed by atoms with Crippen LogP contribution in [0.25, 0.3) is 15.9 Å². The molecule has 0 radical (unpaired) electrons. The van der Waals surface area contributed by atoms with Crippen molar-refractivity contribution in [3.63, 3.8) is 0 Å². The lowest BCUT2D eigenvalue weighted by Gasteiger charge is -2.16. The number of anilines is 1. The number of hydrogen-bond acceptors (Lipinski definition) is 9. The van der Waals surface area contributed by atoms with Gasteiger partial charge in [-0.25, -0.2) is 28.7 Å². The topological polar surface area (TPSA) is 129 Å². The van der Waals surface area contributed by atoms with Crippen molar-refractivity contribution in [2.75, 3.05) is 5.32 Å². The lowest BCUT2D eigenvalue weighted by atomic mass is 10.0. The van der Waals surface area contributed by atoms with Crippen LogP contribution in [0.2, 0.25) is 0 Å². The number of aliphatic imine (C=N–C) groups is 1. The van der Waals surface area contributed by atoms with Crippen LogP contribution in [0.1, 0.15) is 22.5 Å². The van der Waals surface area contributed by atoms with Gasteiger partial charge in [-0.1, -0.05) is 12.1 Å². The van der Waals surface area contributed by atoms with Gasteiger partial charge in [-0.15, -0.1) is 11.3 Å². The Morgan fingerprint density at radius 3 is 2.74 bits per heavy atom. The van der Waals surface area contributed by atoms with Crippen LogP contribution < -0.4 is 10.9 Å². The Bertz CT molecular complexity index is 1800. The van der Waals surface area contributed by atoms with Crippen molar-refractivity contribution in [1.29, 1.82) is 5.41 Å². The van der Waals surface area contributed by atoms with Crippen molar-refractivity contribution in [2.24, 2.45) is 4.99 Å². The molecule has 0 amide bonds. The molecule has 0 aliphatic carbocycles. The molecule has 0 unspecified atom stereocenters. The normalized spacial score (nSPS) is 11.0. The van der Waals surface area contributed by atoms with E-state index in [-0.39, 0.29) is 46.5 Å². The molecule has 38 heavy (non-hydrogen) atoms. The van der Waals surface area contributed by atoms with Gasteiger partial charge in [-0.2, -0.15) is 0 Å². The Morgan fingerprint density at radius 1 is 1.21 bits per heavy atom. The molecular weight excluding hydrogens is 512 g/mol. The van der Waals surface area contributed by atoms with Gasteiger partial charge in [0.25, 0.3) is 5.56 Å². The van der Waals surface area contributed by atoms with E-state index in [0.29, 0.717) is 10.2 Å². The highest BCUT2D eigenvalue weighted by molar-refractivity contribution is 7.16. The standard InChI is InChI=1S/C26H19F2N7O2S/c1-13-11-38-25-20(13)26(37)35(17-6-4-3-5-15(17)27)19(34-25)10-31-24-21(23(30-2)32-12-33-24)22(29)14-7-8-16(28)18(36)9-14/h3-9,11-12,29,36H,2,10H2,1H3,(H,31,32,33). The average molecular weight is 532 g/mol. The largest absolute Gasteiger partial charge is 0.505 e. The molecule has 9 nitrogen and oxygen atoms in total. The molecule has 0 fully saturated rings. The van der Waals surface area contributed by atoms with Gasteiger partial charge < -0.3 is 10.4 Å². The summed E-state index contributed by atoms with van der Waals surface area (Å²) in [7, 11) is 0. The van der Waals surface area contributed by atoms with E-state index in [2.05, 4.69) is 32.0 Å². The van der Waals surface area contributed by atoms with Crippen molar-refractivity contribution in [3.8, 4) is 11.4 Å². The molecule has 3 heterocycles. The third-order valence-corrected chi connectivity index (χ3v) is 6.82. The first-order valence-corrected chi connectivity index (χ1v) is 12.1. The fourth-order valence-corrected chi connectivity index (χ4v) is 4.94. The lowest BCUT2D eigenvalue weighted by molar-refractivity contribution is 0.432. The molecule has 0 saturated carbocycles. The molecule has 0 bridgehead atoms. The van der Waals surface area contributed by atoms with Gasteiger partial charge in [0.15, 0.2) is 17.4 Å². The number of nitrogens with zero attached hydrogens (tertiary/aromatic N) is 5. The highest BCUT2D eigenvalue weighted by Gasteiger charge is 2.21. The number of aryl methyl sites for hydroxylation is 1. The van der Waals surface area contributed by atoms with Gasteiger partial charge in [0, 0.05) is 5.56 Å². The van der Waals surface area contributed by atoms with Crippen LogP contribution >= 0.6 is 11.3 Å². The SMILES string of the molecule is C=Nc1ncnc(NCc2nc3scc(C)c3c(=O)n2-c2ccccc2F)c1C(=N)c1ccc(F)c(O)c1. The summed E-state index contributed by atoms with van der Waals surface area (Å²) in [5.74, 6) is -1.62. The number of rotatable bonds is 7. The summed E-state index contributed by atoms with van der Waals surface area (Å²) in [5.41, 5.74) is 0.518. The van der Waals surface area contributed by atoms with Crippen LogP contribution in [0.4, 0.5) is 20.4 Å². The van der Waals surface area contributed by atoms with E-state index in [1.807, 2.05) is 5.38 Å². The van der Waals surface area contributed by atoms with Gasteiger partial charge in [0.05, 0.1) is 28.9 Å². The third-order valence-electron chi connectivity index (χ3n) is 5.83. The molecule has 0 spiro atoms. The fraction of sp³-hybridized carbons (Fsp3) is 0.0769. The van der Waals surface area contributed by atoms with E-state index < -0.39 is 22.9 Å². The van der Waals surface area contributed by atoms with Crippen LogP contribution in [-0.4, -0.2) is 37.1 Å². The van der Waals surface area contributed by atoms with Gasteiger partial charge in [-0.05, 0) is 54.9 Å². The van der Waals surface area contributed by atoms with Crippen molar-refractivity contribution in [1.82, 2.24) is 19.5 Å². The van der Waals surface area contributed by atoms with Crippen molar-refractivity contribution < 1.29 is 13.9 Å². The number of hydrogen-bond donors (Lipinski definition) is 3. The average Bonchev–Trinajstić information content (AvgIpc) is 3.29. The number of phenols is 1. The minimum Gasteiger partial charge on any atom is -0.505 e. The zero-order valence-corrected chi connectivity index (χ0v) is 20.7. The molecule has 3 aromatic heterocycles. The predicted molar refractivity (Wildman–Crippen MR) is 142 cm³/mol. The molecule has 5 aromatic rings. The van der Waals surface area contributed by atoms with Gasteiger partial charge >= 0.3 is 0 Å². The van der Waals surface area contributed by atoms with E-state index in [4.69, 9.17) is 5.41 Å². The second kappa shape index (κ2) is 9.90. The fourth-order valence-electron chi connectivity index (χ4n) is 4.01. The highest BCUT2D eigenvalue weighted by Crippen LogP contribution is 2.28. The smallest absolute Gasteiger partial charge is 0.267 e. The number of para-hydroxylation sites is 1. The Balaban J connectivity index is 1.61. The number of fused-ring (bicyclic) bond motifs is 1. The summed E-state index contributed by atoms with van der Waals surface area (Å²) >= 11 is 1.30. The van der Waals surface area contributed by atoms with Crippen LogP contribution in [0.3, 0.4) is 0 Å². The summed E-state index contributed by atoms with van der Waals surface area (Å²) in [6.07, 6.45) is 1.22. The summed E-state index contributed by atoms with van der Waals surface area (Å²) in [4.78, 5) is 30.8. The first-order chi connectivity index (χ1) is 18.3. The molecule has 190 valence electrons. The molecule has 2 aromatic carbocycles. The Hall–Kier alpha value is -4.84. The number of aromatic hydroxyl groups is 1. The lowest BCUT2D eigenvalue weighted by Crippen LogP contribution is -2.26. The van der Waals surface area contributed by atoms with E-state index >= 15 is 0 Å². The van der Waals surface area contributed by atoms with Gasteiger partial charge in [0.1, 0.15) is 28.6 Å². The summed E-state index contributed by atoms with van der Waals surface area (Å²) in [6, 6.07) is 9.36. The predicted octanol–water partition coefficient (Wildman–Crippen LogP) is 4.89. The summed E-state index contributed by atoms with van der Waals surface area (Å²) in [5, 5.41) is 23.8. The Labute approximate surface area is 218 Å². The van der Waals surface area contributed by atoms with Crippen LogP contribution in [-0.2, 0) is 6.54 Å². The van der Waals surface area contributed by atoms with Gasteiger partial charge in [-0.3, -0.25) is 14.8 Å². The molecule has 3 N–H and O–H groups in total. The first kappa shape index (κ1) is 24.8. The molecule has 0 aliphatic heterocycles. The van der Waals surface area contributed by atoms with Crippen LogP contribution in [0.5, 0.6) is 5.75 Å². The second-order valence-corrected chi connectivity index (χ2v) is 9.05. The maximum Gasteiger partial charge on any atom is 0.267 e. The third kappa shape index (κ3) is 4.30. The number of thiophene rings is 1. The number of nitrogens with one attached hydrogen (secondary N) is 2. The zero-order chi connectivity index (χ0) is 27.0.